The van der Waals surface area contributed by atoms with Gasteiger partial charge in [-0.05, 0) is 17.7 Å². The Morgan fingerprint density at radius 3 is 3.00 bits per heavy atom. The zero-order valence-corrected chi connectivity index (χ0v) is 10.5. The van der Waals surface area contributed by atoms with Crippen molar-refractivity contribution in [1.29, 1.82) is 0 Å². The summed E-state index contributed by atoms with van der Waals surface area (Å²) >= 11 is 7.17. The molecule has 0 saturated carbocycles. The SMILES string of the molecule is O=C1CSC(c2ccc(F)c(Cl)c2)N1CCO. The second-order valence-corrected chi connectivity index (χ2v) is 5.12. The van der Waals surface area contributed by atoms with Crippen molar-refractivity contribution in [2.75, 3.05) is 18.9 Å². The fourth-order valence-electron chi connectivity index (χ4n) is 1.75. The molecule has 1 amide bonds. The van der Waals surface area contributed by atoms with Crippen molar-refractivity contribution in [2.45, 2.75) is 5.37 Å². The molecule has 1 aliphatic rings. The summed E-state index contributed by atoms with van der Waals surface area (Å²) in [7, 11) is 0. The smallest absolute Gasteiger partial charge is 0.233 e. The third kappa shape index (κ3) is 2.56. The van der Waals surface area contributed by atoms with Crippen LogP contribution in [0.5, 0.6) is 0 Å². The molecule has 17 heavy (non-hydrogen) atoms. The zero-order chi connectivity index (χ0) is 12.4. The van der Waals surface area contributed by atoms with Gasteiger partial charge in [-0.2, -0.15) is 0 Å². The number of hydrogen-bond donors (Lipinski definition) is 1. The van der Waals surface area contributed by atoms with Gasteiger partial charge < -0.3 is 10.0 Å². The number of aliphatic hydroxyl groups is 1. The Hall–Kier alpha value is -0.780. The van der Waals surface area contributed by atoms with E-state index in [-0.39, 0.29) is 29.5 Å². The Bertz CT molecular complexity index is 443. The lowest BCUT2D eigenvalue weighted by atomic mass is 10.2. The van der Waals surface area contributed by atoms with E-state index >= 15 is 0 Å². The normalized spacial score (nSPS) is 20.1. The Kier molecular flexibility index (Phi) is 3.91. The Morgan fingerprint density at radius 1 is 1.59 bits per heavy atom. The number of nitrogens with zero attached hydrogens (tertiary/aromatic N) is 1. The number of β-amino-alcohol motifs (C(OH)–C–C–N with tert-alkyl or cyclic N) is 1. The maximum atomic E-state index is 13.0. The van der Waals surface area contributed by atoms with E-state index in [0.717, 1.165) is 5.56 Å². The molecule has 0 radical (unpaired) electrons. The molecule has 1 aromatic carbocycles. The number of hydrogen-bond acceptors (Lipinski definition) is 3. The van der Waals surface area contributed by atoms with Gasteiger partial charge >= 0.3 is 0 Å². The third-order valence-electron chi connectivity index (χ3n) is 2.54. The van der Waals surface area contributed by atoms with Crippen molar-refractivity contribution in [2.24, 2.45) is 0 Å². The van der Waals surface area contributed by atoms with Crippen LogP contribution in [0.1, 0.15) is 10.9 Å². The van der Waals surface area contributed by atoms with Crippen molar-refractivity contribution < 1.29 is 14.3 Å². The van der Waals surface area contributed by atoms with E-state index in [4.69, 9.17) is 16.7 Å². The minimum Gasteiger partial charge on any atom is -0.395 e. The van der Waals surface area contributed by atoms with Crippen molar-refractivity contribution in [3.8, 4) is 0 Å². The highest BCUT2D eigenvalue weighted by molar-refractivity contribution is 8.00. The second-order valence-electron chi connectivity index (χ2n) is 3.65. The zero-order valence-electron chi connectivity index (χ0n) is 8.90. The highest BCUT2D eigenvalue weighted by atomic mass is 35.5. The number of thioether (sulfide) groups is 1. The van der Waals surface area contributed by atoms with Crippen LogP contribution in [-0.2, 0) is 4.79 Å². The monoisotopic (exact) mass is 275 g/mol. The number of carbonyl (C=O) groups excluding carboxylic acids is 1. The molecule has 0 aromatic heterocycles. The maximum absolute atomic E-state index is 13.0. The van der Waals surface area contributed by atoms with Gasteiger partial charge in [0.2, 0.25) is 5.91 Å². The first kappa shape index (κ1) is 12.7. The van der Waals surface area contributed by atoms with E-state index < -0.39 is 5.82 Å². The molecule has 0 spiro atoms. The standard InChI is InChI=1S/C11H11ClFNO2S/c12-8-5-7(1-2-9(8)13)11-14(3-4-15)10(16)6-17-11/h1-2,5,11,15H,3-4,6H2. The van der Waals surface area contributed by atoms with Crippen LogP contribution >= 0.6 is 23.4 Å². The van der Waals surface area contributed by atoms with Crippen LogP contribution in [0.2, 0.25) is 5.02 Å². The molecule has 1 saturated heterocycles. The van der Waals surface area contributed by atoms with Gasteiger partial charge in [0.15, 0.2) is 0 Å². The van der Waals surface area contributed by atoms with E-state index in [2.05, 4.69) is 0 Å². The van der Waals surface area contributed by atoms with E-state index in [0.29, 0.717) is 5.75 Å². The Labute approximate surface area is 108 Å². The Balaban J connectivity index is 2.26. The number of carbonyl (C=O) groups is 1. The van der Waals surface area contributed by atoms with Crippen LogP contribution < -0.4 is 0 Å². The van der Waals surface area contributed by atoms with Gasteiger partial charge in [0, 0.05) is 6.54 Å². The van der Waals surface area contributed by atoms with Gasteiger partial charge in [0.25, 0.3) is 0 Å². The molecule has 1 heterocycles. The highest BCUT2D eigenvalue weighted by Gasteiger charge is 2.32. The summed E-state index contributed by atoms with van der Waals surface area (Å²) < 4.78 is 13.0. The highest BCUT2D eigenvalue weighted by Crippen LogP contribution is 2.39. The molecule has 0 aliphatic carbocycles. The number of halogens is 2. The fourth-order valence-corrected chi connectivity index (χ4v) is 3.14. The molecule has 1 aromatic rings. The van der Waals surface area contributed by atoms with Crippen LogP contribution in [0, 0.1) is 5.82 Å². The molecule has 92 valence electrons. The molecule has 1 aliphatic heterocycles. The van der Waals surface area contributed by atoms with Crippen LogP contribution in [0.25, 0.3) is 0 Å². The summed E-state index contributed by atoms with van der Waals surface area (Å²) in [4.78, 5) is 13.2. The van der Waals surface area contributed by atoms with E-state index in [1.165, 1.54) is 23.9 Å². The average molecular weight is 276 g/mol. The van der Waals surface area contributed by atoms with Crippen LogP contribution in [0.4, 0.5) is 4.39 Å². The molecule has 2 rings (SSSR count). The third-order valence-corrected chi connectivity index (χ3v) is 4.08. The molecule has 6 heteroatoms. The summed E-state index contributed by atoms with van der Waals surface area (Å²) in [6, 6.07) is 4.43. The van der Waals surface area contributed by atoms with E-state index in [1.807, 2.05) is 0 Å². The predicted molar refractivity (Wildman–Crippen MR) is 65.4 cm³/mol. The molecule has 1 N–H and O–H groups in total. The first-order chi connectivity index (χ1) is 8.13. The lowest BCUT2D eigenvalue weighted by Gasteiger charge is -2.23. The van der Waals surface area contributed by atoms with E-state index in [9.17, 15) is 9.18 Å². The lowest BCUT2D eigenvalue weighted by molar-refractivity contribution is -0.128. The van der Waals surface area contributed by atoms with Gasteiger partial charge in [-0.3, -0.25) is 4.79 Å². The van der Waals surface area contributed by atoms with Gasteiger partial charge in [-0.15, -0.1) is 11.8 Å². The van der Waals surface area contributed by atoms with Crippen molar-refractivity contribution >= 4 is 29.3 Å². The van der Waals surface area contributed by atoms with Crippen molar-refractivity contribution in [3.05, 3.63) is 34.6 Å². The Morgan fingerprint density at radius 2 is 2.35 bits per heavy atom. The molecular formula is C11H11ClFNO2S. The van der Waals surface area contributed by atoms with Gasteiger partial charge in [0.05, 0.1) is 17.4 Å². The summed E-state index contributed by atoms with van der Waals surface area (Å²) in [5.41, 5.74) is 0.778. The van der Waals surface area contributed by atoms with Gasteiger partial charge in [-0.25, -0.2) is 4.39 Å². The quantitative estimate of drug-likeness (QED) is 0.918. The largest absolute Gasteiger partial charge is 0.395 e. The van der Waals surface area contributed by atoms with Crippen molar-refractivity contribution in [1.82, 2.24) is 4.90 Å². The predicted octanol–water partition coefficient (Wildman–Crippen LogP) is 2.05. The maximum Gasteiger partial charge on any atom is 0.233 e. The average Bonchev–Trinajstić information content (AvgIpc) is 2.66. The number of benzene rings is 1. The summed E-state index contributed by atoms with van der Waals surface area (Å²) in [5.74, 6) is -0.118. The number of rotatable bonds is 3. The van der Waals surface area contributed by atoms with Gasteiger partial charge in [-0.1, -0.05) is 17.7 Å². The number of amides is 1. The fraction of sp³-hybridized carbons (Fsp3) is 0.364. The minimum atomic E-state index is -0.474. The first-order valence-electron chi connectivity index (χ1n) is 5.10. The molecule has 1 atom stereocenters. The summed E-state index contributed by atoms with van der Waals surface area (Å²) in [5, 5.41) is 8.78. The molecule has 1 unspecified atom stereocenters. The topological polar surface area (TPSA) is 40.5 Å². The van der Waals surface area contributed by atoms with Crippen molar-refractivity contribution in [3.63, 3.8) is 0 Å². The lowest BCUT2D eigenvalue weighted by Crippen LogP contribution is -2.30. The summed E-state index contributed by atoms with van der Waals surface area (Å²) in [6.07, 6.45) is 0. The second kappa shape index (κ2) is 5.25. The van der Waals surface area contributed by atoms with Gasteiger partial charge in [0.1, 0.15) is 11.2 Å². The van der Waals surface area contributed by atoms with Crippen LogP contribution in [0.3, 0.4) is 0 Å². The molecule has 3 nitrogen and oxygen atoms in total. The minimum absolute atomic E-state index is 0.0190. The number of aliphatic hydroxyl groups excluding tert-OH is 1. The molecule has 1 fully saturated rings. The van der Waals surface area contributed by atoms with Crippen LogP contribution in [0.15, 0.2) is 18.2 Å². The summed E-state index contributed by atoms with van der Waals surface area (Å²) in [6.45, 7) is 0.198. The van der Waals surface area contributed by atoms with Crippen LogP contribution in [-0.4, -0.2) is 34.8 Å². The van der Waals surface area contributed by atoms with E-state index in [1.54, 1.807) is 11.0 Å². The molecular weight excluding hydrogens is 265 g/mol. The molecule has 0 bridgehead atoms. The first-order valence-corrected chi connectivity index (χ1v) is 6.53.